The molecule has 3 rings (SSSR count). The molecule has 1 fully saturated rings. The molecular weight excluding hydrogens is 220 g/mol. The van der Waals surface area contributed by atoms with Crippen LogP contribution in [0, 0.1) is 6.92 Å². The lowest BCUT2D eigenvalue weighted by Crippen LogP contribution is -2.35. The van der Waals surface area contributed by atoms with Crippen molar-refractivity contribution in [3.05, 3.63) is 35.5 Å². The van der Waals surface area contributed by atoms with Gasteiger partial charge in [0.1, 0.15) is 0 Å². The predicted molar refractivity (Wildman–Crippen MR) is 76.8 cm³/mol. The van der Waals surface area contributed by atoms with E-state index in [9.17, 15) is 0 Å². The van der Waals surface area contributed by atoms with Crippen molar-refractivity contribution in [1.82, 2.24) is 9.88 Å². The molecule has 1 N–H and O–H groups in total. The van der Waals surface area contributed by atoms with Gasteiger partial charge in [0.05, 0.1) is 0 Å². The van der Waals surface area contributed by atoms with Crippen molar-refractivity contribution in [2.75, 3.05) is 0 Å². The number of rotatable bonds is 4. The molecule has 0 atom stereocenters. The van der Waals surface area contributed by atoms with Crippen LogP contribution < -0.4 is 5.32 Å². The van der Waals surface area contributed by atoms with Crippen LogP contribution in [0.3, 0.4) is 0 Å². The average molecular weight is 242 g/mol. The molecule has 0 amide bonds. The number of fused-ring (bicyclic) bond motifs is 1. The molecule has 0 unspecified atom stereocenters. The molecule has 0 radical (unpaired) electrons. The number of aromatic nitrogens is 1. The van der Waals surface area contributed by atoms with E-state index in [4.69, 9.17) is 0 Å². The Labute approximate surface area is 109 Å². The third kappa shape index (κ3) is 1.95. The Morgan fingerprint density at radius 1 is 1.33 bits per heavy atom. The molecule has 0 aliphatic heterocycles. The van der Waals surface area contributed by atoms with Crippen LogP contribution in [-0.4, -0.2) is 10.6 Å². The van der Waals surface area contributed by atoms with Gasteiger partial charge in [-0.2, -0.15) is 0 Å². The first-order valence-corrected chi connectivity index (χ1v) is 7.10. The van der Waals surface area contributed by atoms with Gasteiger partial charge in [-0.1, -0.05) is 18.6 Å². The fourth-order valence-electron chi connectivity index (χ4n) is 2.87. The minimum Gasteiger partial charge on any atom is -0.344 e. The second-order valence-corrected chi connectivity index (χ2v) is 5.40. The Morgan fingerprint density at radius 3 is 2.83 bits per heavy atom. The smallest absolute Gasteiger partial charge is 0.0485 e. The normalized spacial score (nSPS) is 16.1. The number of benzene rings is 1. The van der Waals surface area contributed by atoms with Crippen LogP contribution in [0.15, 0.2) is 24.3 Å². The second-order valence-electron chi connectivity index (χ2n) is 5.40. The molecule has 18 heavy (non-hydrogen) atoms. The zero-order chi connectivity index (χ0) is 12.5. The van der Waals surface area contributed by atoms with Crippen LogP contribution in [0.2, 0.25) is 0 Å². The summed E-state index contributed by atoms with van der Waals surface area (Å²) in [5, 5.41) is 5.08. The fraction of sp³-hybridized carbons (Fsp3) is 0.500. The van der Waals surface area contributed by atoms with Crippen LogP contribution in [0.25, 0.3) is 10.9 Å². The van der Waals surface area contributed by atoms with Crippen molar-refractivity contribution >= 4 is 10.9 Å². The predicted octanol–water partition coefficient (Wildman–Crippen LogP) is 3.61. The summed E-state index contributed by atoms with van der Waals surface area (Å²) in [6, 6.07) is 9.71. The van der Waals surface area contributed by atoms with Gasteiger partial charge >= 0.3 is 0 Å². The fourth-order valence-corrected chi connectivity index (χ4v) is 2.87. The Hall–Kier alpha value is -1.28. The number of nitrogens with one attached hydrogen (secondary N) is 1. The molecule has 1 aliphatic carbocycles. The summed E-state index contributed by atoms with van der Waals surface area (Å²) < 4.78 is 2.44. The number of hydrogen-bond acceptors (Lipinski definition) is 1. The van der Waals surface area contributed by atoms with Crippen LogP contribution in [0.5, 0.6) is 0 Å². The van der Waals surface area contributed by atoms with E-state index in [0.717, 1.165) is 19.1 Å². The van der Waals surface area contributed by atoms with Crippen molar-refractivity contribution in [2.24, 2.45) is 0 Å². The molecule has 2 heteroatoms. The molecule has 1 aliphatic rings. The molecule has 1 aromatic carbocycles. The molecule has 0 spiro atoms. The Balaban J connectivity index is 1.92. The van der Waals surface area contributed by atoms with Gasteiger partial charge < -0.3 is 9.88 Å². The monoisotopic (exact) mass is 242 g/mol. The molecular formula is C16H22N2. The van der Waals surface area contributed by atoms with Crippen molar-refractivity contribution in [1.29, 1.82) is 0 Å². The van der Waals surface area contributed by atoms with Gasteiger partial charge in [0.15, 0.2) is 0 Å². The molecule has 0 saturated heterocycles. The van der Waals surface area contributed by atoms with Crippen molar-refractivity contribution in [3.8, 4) is 0 Å². The van der Waals surface area contributed by atoms with Gasteiger partial charge in [0.2, 0.25) is 0 Å². The van der Waals surface area contributed by atoms with Crippen LogP contribution in [0.4, 0.5) is 0 Å². The van der Waals surface area contributed by atoms with E-state index in [0.29, 0.717) is 0 Å². The highest BCUT2D eigenvalue weighted by Crippen LogP contribution is 2.24. The summed E-state index contributed by atoms with van der Waals surface area (Å²) in [5.74, 6) is 0. The van der Waals surface area contributed by atoms with E-state index < -0.39 is 0 Å². The highest BCUT2D eigenvalue weighted by atomic mass is 15.0. The summed E-state index contributed by atoms with van der Waals surface area (Å²) in [6.07, 6.45) is 4.10. The van der Waals surface area contributed by atoms with Crippen LogP contribution in [0.1, 0.15) is 37.4 Å². The third-order valence-electron chi connectivity index (χ3n) is 4.24. The standard InChI is InChI=1S/C16H22N2/c1-3-18-14(11-17-13-7-5-8-13)10-15-12(2)6-4-9-16(15)18/h4,6,9-10,13,17H,3,5,7-8,11H2,1-2H3. The van der Waals surface area contributed by atoms with Gasteiger partial charge in [-0.3, -0.25) is 0 Å². The topological polar surface area (TPSA) is 17.0 Å². The lowest BCUT2D eigenvalue weighted by Gasteiger charge is -2.26. The summed E-state index contributed by atoms with van der Waals surface area (Å²) in [6.45, 7) is 6.49. The molecule has 96 valence electrons. The summed E-state index contributed by atoms with van der Waals surface area (Å²) >= 11 is 0. The highest BCUT2D eigenvalue weighted by Gasteiger charge is 2.17. The zero-order valence-electron chi connectivity index (χ0n) is 11.4. The number of hydrogen-bond donors (Lipinski definition) is 1. The minimum atomic E-state index is 0.759. The molecule has 2 nitrogen and oxygen atoms in total. The number of aryl methyl sites for hydroxylation is 2. The first-order valence-electron chi connectivity index (χ1n) is 7.10. The second kappa shape index (κ2) is 4.77. The summed E-state index contributed by atoms with van der Waals surface area (Å²) in [4.78, 5) is 0. The van der Waals surface area contributed by atoms with E-state index in [1.165, 1.54) is 41.4 Å². The molecule has 1 aromatic heterocycles. The van der Waals surface area contributed by atoms with Crippen molar-refractivity contribution < 1.29 is 0 Å². The lowest BCUT2D eigenvalue weighted by atomic mass is 9.93. The first kappa shape index (κ1) is 11.8. The summed E-state index contributed by atoms with van der Waals surface area (Å²) in [5.41, 5.74) is 4.18. The van der Waals surface area contributed by atoms with Crippen molar-refractivity contribution in [3.63, 3.8) is 0 Å². The molecule has 1 saturated carbocycles. The first-order chi connectivity index (χ1) is 8.79. The zero-order valence-corrected chi connectivity index (χ0v) is 11.4. The Bertz CT molecular complexity index is 549. The maximum atomic E-state index is 3.67. The summed E-state index contributed by atoms with van der Waals surface area (Å²) in [7, 11) is 0. The van der Waals surface area contributed by atoms with Crippen LogP contribution >= 0.6 is 0 Å². The lowest BCUT2D eigenvalue weighted by molar-refractivity contribution is 0.335. The number of nitrogens with zero attached hydrogens (tertiary/aromatic N) is 1. The van der Waals surface area contributed by atoms with Gasteiger partial charge in [-0.05, 0) is 44.4 Å². The van der Waals surface area contributed by atoms with E-state index in [-0.39, 0.29) is 0 Å². The molecule has 0 bridgehead atoms. The van der Waals surface area contributed by atoms with E-state index in [1.54, 1.807) is 0 Å². The van der Waals surface area contributed by atoms with Gasteiger partial charge in [-0.15, -0.1) is 0 Å². The highest BCUT2D eigenvalue weighted by molar-refractivity contribution is 5.84. The van der Waals surface area contributed by atoms with E-state index in [1.807, 2.05) is 0 Å². The molecule has 1 heterocycles. The average Bonchev–Trinajstić information content (AvgIpc) is 2.66. The maximum Gasteiger partial charge on any atom is 0.0485 e. The molecule has 2 aromatic rings. The van der Waals surface area contributed by atoms with E-state index in [2.05, 4.69) is 48.0 Å². The minimum absolute atomic E-state index is 0.759. The third-order valence-corrected chi connectivity index (χ3v) is 4.24. The van der Waals surface area contributed by atoms with Gasteiger partial charge in [0, 0.05) is 35.7 Å². The Morgan fingerprint density at radius 2 is 2.17 bits per heavy atom. The maximum absolute atomic E-state index is 3.67. The quantitative estimate of drug-likeness (QED) is 0.866. The SMILES string of the molecule is CCn1c(CNC2CCC2)cc2c(C)cccc21. The Kier molecular flexibility index (Phi) is 3.13. The van der Waals surface area contributed by atoms with Crippen LogP contribution in [-0.2, 0) is 13.1 Å². The van der Waals surface area contributed by atoms with Crippen molar-refractivity contribution in [2.45, 2.75) is 52.2 Å². The van der Waals surface area contributed by atoms with Gasteiger partial charge in [0.25, 0.3) is 0 Å². The largest absolute Gasteiger partial charge is 0.344 e. The van der Waals surface area contributed by atoms with E-state index >= 15 is 0 Å². The van der Waals surface area contributed by atoms with Gasteiger partial charge in [-0.25, -0.2) is 0 Å².